The molecule has 0 saturated carbocycles. The highest BCUT2D eigenvalue weighted by Crippen LogP contribution is 2.39. The Balaban J connectivity index is 1.45. The first-order valence-corrected chi connectivity index (χ1v) is 12.1. The predicted molar refractivity (Wildman–Crippen MR) is 131 cm³/mol. The van der Waals surface area contributed by atoms with Crippen molar-refractivity contribution in [2.24, 2.45) is 0 Å². The van der Waals surface area contributed by atoms with E-state index in [2.05, 4.69) is 12.2 Å². The summed E-state index contributed by atoms with van der Waals surface area (Å²) in [6, 6.07) is 25.1. The van der Waals surface area contributed by atoms with Crippen LogP contribution in [0, 0.1) is 0 Å². The van der Waals surface area contributed by atoms with Gasteiger partial charge in [-0.25, -0.2) is 0 Å². The van der Waals surface area contributed by atoms with Crippen LogP contribution in [-0.4, -0.2) is 22.5 Å². The van der Waals surface area contributed by atoms with Gasteiger partial charge >= 0.3 is 0 Å². The van der Waals surface area contributed by atoms with Crippen molar-refractivity contribution in [3.8, 4) is 0 Å². The van der Waals surface area contributed by atoms with Gasteiger partial charge in [-0.3, -0.25) is 9.59 Å². The van der Waals surface area contributed by atoms with Crippen LogP contribution in [0.25, 0.3) is 0 Å². The number of nitrogens with one attached hydrogen (secondary N) is 1. The second-order valence-electron chi connectivity index (χ2n) is 7.78. The van der Waals surface area contributed by atoms with Gasteiger partial charge in [-0.15, -0.1) is 11.8 Å². The number of hydrogen-bond acceptors (Lipinski definition) is 3. The number of benzene rings is 3. The summed E-state index contributed by atoms with van der Waals surface area (Å²) < 4.78 is 0. The number of carbonyl (C=O) groups is 2. The van der Waals surface area contributed by atoms with Crippen molar-refractivity contribution in [1.82, 2.24) is 10.2 Å². The quantitative estimate of drug-likeness (QED) is 0.466. The van der Waals surface area contributed by atoms with Crippen molar-refractivity contribution in [1.29, 1.82) is 0 Å². The van der Waals surface area contributed by atoms with E-state index in [4.69, 9.17) is 11.6 Å². The van der Waals surface area contributed by atoms with E-state index in [1.54, 1.807) is 11.8 Å². The van der Waals surface area contributed by atoms with Crippen LogP contribution < -0.4 is 5.32 Å². The second kappa shape index (κ2) is 10.2. The van der Waals surface area contributed by atoms with Gasteiger partial charge < -0.3 is 10.2 Å². The highest BCUT2D eigenvalue weighted by atomic mass is 35.5. The van der Waals surface area contributed by atoms with Gasteiger partial charge in [0.2, 0.25) is 5.91 Å². The first kappa shape index (κ1) is 22.4. The number of halogens is 1. The number of hydrogen-bond donors (Lipinski definition) is 1. The molecule has 164 valence electrons. The molecule has 0 aliphatic carbocycles. The minimum Gasteiger partial charge on any atom is -0.345 e. The zero-order valence-electron chi connectivity index (χ0n) is 17.8. The minimum atomic E-state index is -0.0968. The van der Waals surface area contributed by atoms with Crippen LogP contribution >= 0.6 is 23.4 Å². The number of carbonyl (C=O) groups excluding carboxylic acids is 2. The largest absolute Gasteiger partial charge is 0.345 e. The molecule has 1 fully saturated rings. The third-order valence-electron chi connectivity index (χ3n) is 5.61. The van der Waals surface area contributed by atoms with E-state index >= 15 is 0 Å². The van der Waals surface area contributed by atoms with E-state index in [1.807, 2.05) is 83.8 Å². The van der Waals surface area contributed by atoms with Crippen LogP contribution in [0.5, 0.6) is 0 Å². The number of amides is 2. The summed E-state index contributed by atoms with van der Waals surface area (Å²) in [6.07, 6.45) is 0.814. The van der Waals surface area contributed by atoms with Gasteiger partial charge in [-0.1, -0.05) is 73.1 Å². The Hall–Kier alpha value is -2.76. The zero-order chi connectivity index (χ0) is 22.5. The zero-order valence-corrected chi connectivity index (χ0v) is 19.4. The molecule has 4 rings (SSSR count). The van der Waals surface area contributed by atoms with Crippen LogP contribution in [0.3, 0.4) is 0 Å². The molecule has 2 atom stereocenters. The lowest BCUT2D eigenvalue weighted by atomic mass is 10.0. The van der Waals surface area contributed by atoms with E-state index in [1.165, 1.54) is 0 Å². The molecular formula is C26H25ClN2O2S. The lowest BCUT2D eigenvalue weighted by Crippen LogP contribution is -2.28. The third-order valence-corrected chi connectivity index (χ3v) is 7.12. The molecule has 2 amide bonds. The lowest BCUT2D eigenvalue weighted by molar-refractivity contribution is -0.128. The van der Waals surface area contributed by atoms with Gasteiger partial charge in [-0.05, 0) is 47.4 Å². The summed E-state index contributed by atoms with van der Waals surface area (Å²) in [5, 5.41) is 3.73. The van der Waals surface area contributed by atoms with Gasteiger partial charge in [0.1, 0.15) is 5.37 Å². The number of thioether (sulfide) groups is 1. The summed E-state index contributed by atoms with van der Waals surface area (Å²) in [6.45, 7) is 2.59. The first-order chi connectivity index (χ1) is 15.5. The molecular weight excluding hydrogens is 440 g/mol. The van der Waals surface area contributed by atoms with Gasteiger partial charge in [0.15, 0.2) is 0 Å². The van der Waals surface area contributed by atoms with E-state index in [-0.39, 0.29) is 23.2 Å². The van der Waals surface area contributed by atoms with E-state index in [0.717, 1.165) is 23.1 Å². The van der Waals surface area contributed by atoms with Gasteiger partial charge in [-0.2, -0.15) is 0 Å². The highest BCUT2D eigenvalue weighted by molar-refractivity contribution is 8.00. The van der Waals surface area contributed by atoms with Crippen LogP contribution in [0.1, 0.15) is 51.8 Å². The fraction of sp³-hybridized carbons (Fsp3) is 0.231. The summed E-state index contributed by atoms with van der Waals surface area (Å²) in [5.74, 6) is 0.473. The molecule has 4 nitrogen and oxygen atoms in total. The molecule has 32 heavy (non-hydrogen) atoms. The standard InChI is InChI=1S/C26H25ClN2O2S/c1-2-23(19-6-4-3-5-7-19)28-25(31)20-10-12-21(13-11-20)26-29(24(30)17-32-26)16-18-8-14-22(27)15-9-18/h3-15,23,26H,2,16-17H2,1H3,(H,28,31)/t23-,26+/m0/s1. The van der Waals surface area contributed by atoms with Crippen LogP contribution in [-0.2, 0) is 11.3 Å². The molecule has 0 aromatic heterocycles. The van der Waals surface area contributed by atoms with Gasteiger partial charge in [0.25, 0.3) is 5.91 Å². The smallest absolute Gasteiger partial charge is 0.251 e. The average Bonchev–Trinajstić information content (AvgIpc) is 3.19. The Morgan fingerprint density at radius 2 is 1.75 bits per heavy atom. The van der Waals surface area contributed by atoms with Gasteiger partial charge in [0, 0.05) is 17.1 Å². The van der Waals surface area contributed by atoms with E-state index in [9.17, 15) is 9.59 Å². The predicted octanol–water partition coefficient (Wildman–Crippen LogP) is 6.00. The maximum absolute atomic E-state index is 12.8. The number of nitrogens with zero attached hydrogens (tertiary/aromatic N) is 1. The summed E-state index contributed by atoms with van der Waals surface area (Å²) in [7, 11) is 0. The normalized spacial score (nSPS) is 16.8. The maximum atomic E-state index is 12.8. The van der Waals surface area contributed by atoms with Crippen molar-refractivity contribution in [3.63, 3.8) is 0 Å². The molecule has 1 aliphatic rings. The van der Waals surface area contributed by atoms with Crippen LogP contribution in [0.15, 0.2) is 78.9 Å². The molecule has 0 bridgehead atoms. The summed E-state index contributed by atoms with van der Waals surface area (Å²) in [4.78, 5) is 27.2. The van der Waals surface area contributed by atoms with Gasteiger partial charge in [0.05, 0.1) is 11.8 Å². The van der Waals surface area contributed by atoms with Crippen molar-refractivity contribution >= 4 is 35.2 Å². The highest BCUT2D eigenvalue weighted by Gasteiger charge is 2.32. The van der Waals surface area contributed by atoms with Crippen molar-refractivity contribution in [3.05, 3.63) is 106 Å². The molecule has 3 aromatic carbocycles. The Morgan fingerprint density at radius 3 is 2.41 bits per heavy atom. The van der Waals surface area contributed by atoms with E-state index in [0.29, 0.717) is 22.9 Å². The molecule has 3 aromatic rings. The van der Waals surface area contributed by atoms with Crippen molar-refractivity contribution in [2.45, 2.75) is 31.3 Å². The fourth-order valence-corrected chi connectivity index (χ4v) is 5.15. The van der Waals surface area contributed by atoms with Crippen molar-refractivity contribution in [2.75, 3.05) is 5.75 Å². The SMILES string of the molecule is CC[C@H](NC(=O)c1ccc([C@H]2SCC(=O)N2Cc2ccc(Cl)cc2)cc1)c1ccccc1. The molecule has 1 N–H and O–H groups in total. The average molecular weight is 465 g/mol. The summed E-state index contributed by atoms with van der Waals surface area (Å²) >= 11 is 7.59. The Kier molecular flexibility index (Phi) is 7.18. The van der Waals surface area contributed by atoms with Crippen LogP contribution in [0.2, 0.25) is 5.02 Å². The third kappa shape index (κ3) is 5.17. The fourth-order valence-electron chi connectivity index (χ4n) is 3.83. The van der Waals surface area contributed by atoms with E-state index < -0.39 is 0 Å². The molecule has 1 heterocycles. The minimum absolute atomic E-state index is 0.0266. The monoisotopic (exact) mass is 464 g/mol. The Bertz CT molecular complexity index is 1070. The number of rotatable bonds is 7. The maximum Gasteiger partial charge on any atom is 0.251 e. The summed E-state index contributed by atoms with van der Waals surface area (Å²) in [5.41, 5.74) is 3.76. The molecule has 6 heteroatoms. The Morgan fingerprint density at radius 1 is 1.06 bits per heavy atom. The second-order valence-corrected chi connectivity index (χ2v) is 9.28. The van der Waals surface area contributed by atoms with Crippen molar-refractivity contribution < 1.29 is 9.59 Å². The Labute approximate surface area is 198 Å². The molecule has 1 aliphatic heterocycles. The van der Waals surface area contributed by atoms with Crippen LogP contribution in [0.4, 0.5) is 0 Å². The molecule has 0 spiro atoms. The molecule has 0 radical (unpaired) electrons. The first-order valence-electron chi connectivity index (χ1n) is 10.7. The lowest BCUT2D eigenvalue weighted by Gasteiger charge is -2.24. The molecule has 0 unspecified atom stereocenters. The molecule has 1 saturated heterocycles. The topological polar surface area (TPSA) is 49.4 Å².